The highest BCUT2D eigenvalue weighted by Crippen LogP contribution is 2.17. The average Bonchev–Trinajstić information content (AvgIpc) is 2.53. The highest BCUT2D eigenvalue weighted by Gasteiger charge is 2.15. The van der Waals surface area contributed by atoms with E-state index >= 15 is 0 Å². The van der Waals surface area contributed by atoms with Gasteiger partial charge in [0.05, 0.1) is 18.3 Å². The maximum Gasteiger partial charge on any atom is 0.137 e. The topological polar surface area (TPSA) is 45.5 Å². The Kier molecular flexibility index (Phi) is 6.52. The molecule has 1 fully saturated rings. The lowest BCUT2D eigenvalue weighted by Gasteiger charge is -2.27. The number of nitrogens with zero attached hydrogens (tertiary/aromatic N) is 2. The number of likely N-dealkylation sites (N-methyl/N-ethyl adjacent to an activating group) is 1. The summed E-state index contributed by atoms with van der Waals surface area (Å²) in [5.74, 6) is 0.679. The van der Waals surface area contributed by atoms with Crippen molar-refractivity contribution in [3.05, 3.63) is 29.8 Å². The summed E-state index contributed by atoms with van der Waals surface area (Å²) < 4.78 is 11.4. The normalized spacial score (nSPS) is 18.4. The molecule has 1 aliphatic heterocycles. The summed E-state index contributed by atoms with van der Waals surface area (Å²) in [7, 11) is 2.13. The van der Waals surface area contributed by atoms with Gasteiger partial charge in [0.25, 0.3) is 0 Å². The fraction of sp³-hybridized carbons (Fsp3) is 0.588. The van der Waals surface area contributed by atoms with Crippen molar-refractivity contribution in [2.75, 3.05) is 33.4 Å². The van der Waals surface area contributed by atoms with Crippen LogP contribution in [0.25, 0.3) is 0 Å². The van der Waals surface area contributed by atoms with Crippen molar-refractivity contribution in [2.24, 2.45) is 0 Å². The zero-order chi connectivity index (χ0) is 14.9. The first-order valence-corrected chi connectivity index (χ1v) is 7.71. The van der Waals surface area contributed by atoms with Gasteiger partial charge in [-0.2, -0.15) is 5.26 Å². The van der Waals surface area contributed by atoms with Crippen LogP contribution in [0.15, 0.2) is 24.3 Å². The van der Waals surface area contributed by atoms with Crippen molar-refractivity contribution >= 4 is 0 Å². The highest BCUT2D eigenvalue weighted by molar-refractivity contribution is 5.42. The molecule has 0 bridgehead atoms. The van der Waals surface area contributed by atoms with Crippen LogP contribution in [0.4, 0.5) is 0 Å². The first-order valence-electron chi connectivity index (χ1n) is 7.71. The number of nitriles is 1. The number of benzene rings is 1. The predicted molar refractivity (Wildman–Crippen MR) is 82.4 cm³/mol. The monoisotopic (exact) mass is 288 g/mol. The van der Waals surface area contributed by atoms with Crippen LogP contribution in [-0.4, -0.2) is 44.4 Å². The smallest absolute Gasteiger partial charge is 0.137 e. The summed E-state index contributed by atoms with van der Waals surface area (Å²) in [6, 6.07) is 9.51. The lowest BCUT2D eigenvalue weighted by molar-refractivity contribution is -0.00193. The summed E-state index contributed by atoms with van der Waals surface area (Å²) in [5, 5.41) is 8.99. The minimum atomic E-state index is 0.393. The largest absolute Gasteiger partial charge is 0.492 e. The van der Waals surface area contributed by atoms with E-state index in [9.17, 15) is 0 Å². The molecule has 0 spiro atoms. The van der Waals surface area contributed by atoms with Crippen molar-refractivity contribution < 1.29 is 9.47 Å². The van der Waals surface area contributed by atoms with Gasteiger partial charge >= 0.3 is 0 Å². The van der Waals surface area contributed by atoms with Gasteiger partial charge in [-0.3, -0.25) is 0 Å². The molecule has 1 heterocycles. The number of rotatable bonds is 7. The van der Waals surface area contributed by atoms with Crippen LogP contribution in [0.1, 0.15) is 31.2 Å². The van der Waals surface area contributed by atoms with Gasteiger partial charge in [-0.1, -0.05) is 12.1 Å². The first kappa shape index (κ1) is 15.8. The Hall–Kier alpha value is -1.57. The van der Waals surface area contributed by atoms with Crippen LogP contribution in [0.2, 0.25) is 0 Å². The van der Waals surface area contributed by atoms with Crippen molar-refractivity contribution in [1.82, 2.24) is 4.90 Å². The Bertz CT molecular complexity index is 464. The minimum absolute atomic E-state index is 0.393. The van der Waals surface area contributed by atoms with E-state index in [1.807, 2.05) is 18.2 Å². The SMILES string of the molecule is CN(CCCOc1ccccc1C#N)CC1CCCCO1. The highest BCUT2D eigenvalue weighted by atomic mass is 16.5. The van der Waals surface area contributed by atoms with Gasteiger partial charge in [0, 0.05) is 19.7 Å². The van der Waals surface area contributed by atoms with E-state index in [0.29, 0.717) is 24.0 Å². The Labute approximate surface area is 127 Å². The second-order valence-corrected chi connectivity index (χ2v) is 5.56. The molecular weight excluding hydrogens is 264 g/mol. The lowest BCUT2D eigenvalue weighted by atomic mass is 10.1. The van der Waals surface area contributed by atoms with Gasteiger partial charge in [-0.15, -0.1) is 0 Å². The molecule has 1 unspecified atom stereocenters. The summed E-state index contributed by atoms with van der Waals surface area (Å²) in [4.78, 5) is 2.30. The van der Waals surface area contributed by atoms with Gasteiger partial charge in [0.1, 0.15) is 11.8 Å². The zero-order valence-corrected chi connectivity index (χ0v) is 12.8. The molecule has 0 aliphatic carbocycles. The van der Waals surface area contributed by atoms with E-state index in [1.54, 1.807) is 6.07 Å². The second-order valence-electron chi connectivity index (χ2n) is 5.56. The van der Waals surface area contributed by atoms with Crippen LogP contribution < -0.4 is 4.74 Å². The molecule has 114 valence electrons. The molecule has 0 radical (unpaired) electrons. The molecule has 1 aliphatic rings. The van der Waals surface area contributed by atoms with Crippen molar-refractivity contribution in [3.63, 3.8) is 0 Å². The first-order chi connectivity index (χ1) is 10.3. The van der Waals surface area contributed by atoms with Crippen LogP contribution in [0.5, 0.6) is 5.75 Å². The molecule has 1 saturated heterocycles. The number of hydrogen-bond acceptors (Lipinski definition) is 4. The van der Waals surface area contributed by atoms with Gasteiger partial charge in [-0.05, 0) is 44.9 Å². The summed E-state index contributed by atoms with van der Waals surface area (Å²) in [6.07, 6.45) is 5.00. The maximum atomic E-state index is 8.99. The Morgan fingerprint density at radius 1 is 1.38 bits per heavy atom. The third kappa shape index (κ3) is 5.37. The van der Waals surface area contributed by atoms with Crippen molar-refractivity contribution in [3.8, 4) is 11.8 Å². The standard InChI is InChI=1S/C17H24N2O2/c1-19(14-16-8-4-5-11-20-16)10-6-12-21-17-9-3-2-7-15(17)13-18/h2-3,7,9,16H,4-6,8,10-12,14H2,1H3. The van der Waals surface area contributed by atoms with E-state index in [2.05, 4.69) is 18.0 Å². The van der Waals surface area contributed by atoms with E-state index in [0.717, 1.165) is 26.1 Å². The molecule has 2 rings (SSSR count). The molecule has 0 amide bonds. The van der Waals surface area contributed by atoms with Crippen LogP contribution in [-0.2, 0) is 4.74 Å². The van der Waals surface area contributed by atoms with Crippen LogP contribution in [0.3, 0.4) is 0 Å². The molecule has 1 aromatic rings. The summed E-state index contributed by atoms with van der Waals surface area (Å²) in [6.45, 7) is 3.52. The lowest BCUT2D eigenvalue weighted by Crippen LogP contribution is -2.34. The molecule has 0 N–H and O–H groups in total. The molecule has 0 aromatic heterocycles. The maximum absolute atomic E-state index is 8.99. The van der Waals surface area contributed by atoms with Crippen LogP contribution >= 0.6 is 0 Å². The second kappa shape index (κ2) is 8.66. The van der Waals surface area contributed by atoms with Gasteiger partial charge in [-0.25, -0.2) is 0 Å². The number of hydrogen-bond donors (Lipinski definition) is 0. The van der Waals surface area contributed by atoms with Gasteiger partial charge in [0.15, 0.2) is 0 Å². The number of para-hydroxylation sites is 1. The summed E-state index contributed by atoms with van der Waals surface area (Å²) in [5.41, 5.74) is 0.599. The molecule has 1 aromatic carbocycles. The molecule has 21 heavy (non-hydrogen) atoms. The molecule has 1 atom stereocenters. The summed E-state index contributed by atoms with van der Waals surface area (Å²) >= 11 is 0. The Morgan fingerprint density at radius 2 is 2.24 bits per heavy atom. The third-order valence-corrected chi connectivity index (χ3v) is 3.74. The van der Waals surface area contributed by atoms with E-state index in [4.69, 9.17) is 14.7 Å². The zero-order valence-electron chi connectivity index (χ0n) is 12.8. The van der Waals surface area contributed by atoms with E-state index in [-0.39, 0.29) is 0 Å². The van der Waals surface area contributed by atoms with E-state index < -0.39 is 0 Å². The van der Waals surface area contributed by atoms with Crippen molar-refractivity contribution in [2.45, 2.75) is 31.8 Å². The minimum Gasteiger partial charge on any atom is -0.492 e. The molecular formula is C17H24N2O2. The third-order valence-electron chi connectivity index (χ3n) is 3.74. The fourth-order valence-electron chi connectivity index (χ4n) is 2.59. The Morgan fingerprint density at radius 3 is 3.00 bits per heavy atom. The Balaban J connectivity index is 1.63. The predicted octanol–water partition coefficient (Wildman–Crippen LogP) is 2.83. The molecule has 4 heteroatoms. The fourth-order valence-corrected chi connectivity index (χ4v) is 2.59. The quantitative estimate of drug-likeness (QED) is 0.724. The average molecular weight is 288 g/mol. The van der Waals surface area contributed by atoms with Gasteiger partial charge < -0.3 is 14.4 Å². The molecule has 4 nitrogen and oxygen atoms in total. The van der Waals surface area contributed by atoms with Gasteiger partial charge in [0.2, 0.25) is 0 Å². The van der Waals surface area contributed by atoms with E-state index in [1.165, 1.54) is 19.3 Å². The molecule has 0 saturated carbocycles. The number of ether oxygens (including phenoxy) is 2. The van der Waals surface area contributed by atoms with Crippen LogP contribution in [0, 0.1) is 11.3 Å². The van der Waals surface area contributed by atoms with Crippen molar-refractivity contribution in [1.29, 1.82) is 5.26 Å².